The zero-order valence-electron chi connectivity index (χ0n) is 7.32. The molecule has 0 aromatic carbocycles. The van der Waals surface area contributed by atoms with Crippen LogP contribution in [0.4, 0.5) is 0 Å². The van der Waals surface area contributed by atoms with E-state index in [1.54, 1.807) is 17.4 Å². The molecule has 1 aromatic heterocycles. The number of methoxy groups -OCH3 is 1. The highest BCUT2D eigenvalue weighted by atomic mass is 32.1. The smallest absolute Gasteiger partial charge is 0.337 e. The third kappa shape index (κ3) is 2.56. The molecule has 0 aliphatic carbocycles. The lowest BCUT2D eigenvalue weighted by Crippen LogP contribution is -2.01. The van der Waals surface area contributed by atoms with Crippen molar-refractivity contribution in [1.82, 2.24) is 0 Å². The average Bonchev–Trinajstić information content (AvgIpc) is 2.65. The van der Waals surface area contributed by atoms with Crippen molar-refractivity contribution in [3.8, 4) is 0 Å². The highest BCUT2D eigenvalue weighted by molar-refractivity contribution is 7.10. The van der Waals surface area contributed by atoms with E-state index in [0.717, 1.165) is 4.88 Å². The molecule has 3 heteroatoms. The number of hydrogen-bond donors (Lipinski definition) is 0. The van der Waals surface area contributed by atoms with Crippen molar-refractivity contribution in [2.75, 3.05) is 7.11 Å². The first-order valence-corrected chi connectivity index (χ1v) is 4.62. The molecule has 0 bridgehead atoms. The van der Waals surface area contributed by atoms with Crippen molar-refractivity contribution >= 4 is 23.4 Å². The number of carbonyl (C=O) groups is 1. The maximum atomic E-state index is 11.1. The van der Waals surface area contributed by atoms with Crippen molar-refractivity contribution in [2.24, 2.45) is 0 Å². The molecule has 0 N–H and O–H groups in total. The molecule has 0 unspecified atom stereocenters. The van der Waals surface area contributed by atoms with Gasteiger partial charge in [0.25, 0.3) is 0 Å². The molecule has 0 radical (unpaired) electrons. The molecule has 0 aliphatic rings. The summed E-state index contributed by atoms with van der Waals surface area (Å²) in [5, 5.41) is 1.95. The van der Waals surface area contributed by atoms with Crippen molar-refractivity contribution in [3.63, 3.8) is 0 Å². The number of rotatable bonds is 3. The standard InChI is InChI=1S/C10H10O2S/c1-3-8(10(11)12-2)7-9-5-4-6-13-9/h3-7H,1H2,2H3/b8-7-. The Kier molecular flexibility index (Phi) is 3.46. The van der Waals surface area contributed by atoms with Crippen LogP contribution in [-0.4, -0.2) is 13.1 Å². The molecule has 0 fully saturated rings. The normalized spacial score (nSPS) is 11.0. The zero-order valence-corrected chi connectivity index (χ0v) is 8.14. The minimum absolute atomic E-state index is 0.358. The summed E-state index contributed by atoms with van der Waals surface area (Å²) in [7, 11) is 1.36. The average molecular weight is 194 g/mol. The van der Waals surface area contributed by atoms with E-state index < -0.39 is 0 Å². The van der Waals surface area contributed by atoms with Crippen LogP contribution in [0.5, 0.6) is 0 Å². The Labute approximate surface area is 81.2 Å². The summed E-state index contributed by atoms with van der Waals surface area (Å²) in [5.41, 5.74) is 0.477. The van der Waals surface area contributed by atoms with E-state index in [4.69, 9.17) is 0 Å². The lowest BCUT2D eigenvalue weighted by molar-refractivity contribution is -0.135. The fourth-order valence-corrected chi connectivity index (χ4v) is 1.51. The van der Waals surface area contributed by atoms with Gasteiger partial charge in [-0.05, 0) is 17.5 Å². The van der Waals surface area contributed by atoms with Crippen LogP contribution < -0.4 is 0 Å². The highest BCUT2D eigenvalue weighted by Gasteiger charge is 2.04. The molecule has 0 saturated carbocycles. The Bertz CT molecular complexity index is 323. The molecule has 2 nitrogen and oxygen atoms in total. The van der Waals surface area contributed by atoms with Crippen molar-refractivity contribution in [2.45, 2.75) is 0 Å². The van der Waals surface area contributed by atoms with Crippen molar-refractivity contribution in [1.29, 1.82) is 0 Å². The van der Waals surface area contributed by atoms with Crippen LogP contribution in [-0.2, 0) is 9.53 Å². The van der Waals surface area contributed by atoms with E-state index in [1.807, 2.05) is 17.5 Å². The number of esters is 1. The fourth-order valence-electron chi connectivity index (χ4n) is 0.846. The Hall–Kier alpha value is -1.35. The first kappa shape index (κ1) is 9.74. The lowest BCUT2D eigenvalue weighted by Gasteiger charge is -1.97. The van der Waals surface area contributed by atoms with Crippen LogP contribution in [0.15, 0.2) is 35.7 Å². The highest BCUT2D eigenvalue weighted by Crippen LogP contribution is 2.14. The van der Waals surface area contributed by atoms with Crippen LogP contribution in [0, 0.1) is 0 Å². The minimum Gasteiger partial charge on any atom is -0.465 e. The van der Waals surface area contributed by atoms with Gasteiger partial charge < -0.3 is 4.74 Å². The molecule has 0 aliphatic heterocycles. The first-order valence-electron chi connectivity index (χ1n) is 3.74. The molecule has 68 valence electrons. The number of thiophene rings is 1. The summed E-state index contributed by atoms with van der Waals surface area (Å²) in [6.45, 7) is 3.55. The second kappa shape index (κ2) is 4.62. The van der Waals surface area contributed by atoms with Gasteiger partial charge in [0.05, 0.1) is 12.7 Å². The maximum Gasteiger partial charge on any atom is 0.337 e. The second-order valence-electron chi connectivity index (χ2n) is 2.31. The van der Waals surface area contributed by atoms with Crippen LogP contribution >= 0.6 is 11.3 Å². The third-order valence-electron chi connectivity index (χ3n) is 1.48. The van der Waals surface area contributed by atoms with Crippen LogP contribution in [0.1, 0.15) is 4.88 Å². The molecule has 1 heterocycles. The van der Waals surface area contributed by atoms with E-state index in [1.165, 1.54) is 13.2 Å². The Balaban J connectivity index is 2.89. The van der Waals surface area contributed by atoms with Gasteiger partial charge in [-0.15, -0.1) is 11.3 Å². The summed E-state index contributed by atoms with van der Waals surface area (Å²) in [4.78, 5) is 12.1. The zero-order chi connectivity index (χ0) is 9.68. The molecule has 1 aromatic rings. The molecular formula is C10H10O2S. The molecule has 0 spiro atoms. The summed E-state index contributed by atoms with van der Waals surface area (Å²) < 4.78 is 4.58. The monoisotopic (exact) mass is 194 g/mol. The summed E-state index contributed by atoms with van der Waals surface area (Å²) >= 11 is 1.56. The Morgan fingerprint density at radius 1 is 1.69 bits per heavy atom. The van der Waals surface area contributed by atoms with Gasteiger partial charge in [0.2, 0.25) is 0 Å². The number of carbonyl (C=O) groups excluding carboxylic acids is 1. The predicted octanol–water partition coefficient (Wildman–Crippen LogP) is 2.49. The van der Waals surface area contributed by atoms with Gasteiger partial charge >= 0.3 is 5.97 Å². The quantitative estimate of drug-likeness (QED) is 0.420. The summed E-state index contributed by atoms with van der Waals surface area (Å²) in [6, 6.07) is 3.85. The lowest BCUT2D eigenvalue weighted by atomic mass is 10.2. The minimum atomic E-state index is -0.358. The van der Waals surface area contributed by atoms with Gasteiger partial charge in [0, 0.05) is 4.88 Å². The van der Waals surface area contributed by atoms with E-state index >= 15 is 0 Å². The summed E-state index contributed by atoms with van der Waals surface area (Å²) in [6.07, 6.45) is 3.25. The van der Waals surface area contributed by atoms with Gasteiger partial charge in [0.1, 0.15) is 0 Å². The predicted molar refractivity (Wildman–Crippen MR) is 54.5 cm³/mol. The third-order valence-corrected chi connectivity index (χ3v) is 2.30. The molecule has 1 rings (SSSR count). The van der Waals surface area contributed by atoms with Crippen LogP contribution in [0.25, 0.3) is 6.08 Å². The van der Waals surface area contributed by atoms with Gasteiger partial charge in [-0.2, -0.15) is 0 Å². The van der Waals surface area contributed by atoms with E-state index in [2.05, 4.69) is 11.3 Å². The molecular weight excluding hydrogens is 184 g/mol. The SMILES string of the molecule is C=C/C(=C/c1cccs1)C(=O)OC. The van der Waals surface area contributed by atoms with E-state index in [0.29, 0.717) is 5.57 Å². The topological polar surface area (TPSA) is 26.3 Å². The molecule has 0 amide bonds. The van der Waals surface area contributed by atoms with Gasteiger partial charge in [0.15, 0.2) is 0 Å². The number of ether oxygens (including phenoxy) is 1. The van der Waals surface area contributed by atoms with Crippen molar-refractivity contribution in [3.05, 3.63) is 40.6 Å². The number of hydrogen-bond acceptors (Lipinski definition) is 3. The molecule has 0 saturated heterocycles. The maximum absolute atomic E-state index is 11.1. The Morgan fingerprint density at radius 3 is 2.92 bits per heavy atom. The van der Waals surface area contributed by atoms with Crippen LogP contribution in [0.2, 0.25) is 0 Å². The van der Waals surface area contributed by atoms with Crippen LogP contribution in [0.3, 0.4) is 0 Å². The first-order chi connectivity index (χ1) is 6.27. The fraction of sp³-hybridized carbons (Fsp3) is 0.100. The summed E-state index contributed by atoms with van der Waals surface area (Å²) in [5.74, 6) is -0.358. The molecule has 0 atom stereocenters. The van der Waals surface area contributed by atoms with Gasteiger partial charge in [-0.25, -0.2) is 4.79 Å². The van der Waals surface area contributed by atoms with E-state index in [9.17, 15) is 4.79 Å². The van der Waals surface area contributed by atoms with Gasteiger partial charge in [-0.3, -0.25) is 0 Å². The van der Waals surface area contributed by atoms with E-state index in [-0.39, 0.29) is 5.97 Å². The second-order valence-corrected chi connectivity index (χ2v) is 3.29. The molecule has 13 heavy (non-hydrogen) atoms. The largest absolute Gasteiger partial charge is 0.465 e. The van der Waals surface area contributed by atoms with Gasteiger partial charge in [-0.1, -0.05) is 18.7 Å². The Morgan fingerprint density at radius 2 is 2.46 bits per heavy atom. The van der Waals surface area contributed by atoms with Crippen molar-refractivity contribution < 1.29 is 9.53 Å².